The number of rotatable bonds is 5. The molecule has 0 aliphatic carbocycles. The van der Waals surface area contributed by atoms with Crippen molar-refractivity contribution in [3.05, 3.63) is 29.8 Å². The zero-order valence-electron chi connectivity index (χ0n) is 8.77. The number of carboxylic acids is 1. The van der Waals surface area contributed by atoms with Crippen molar-refractivity contribution in [2.45, 2.75) is 12.8 Å². The maximum atomic E-state index is 11.2. The average Bonchev–Trinajstić information content (AvgIpc) is 2.17. The fourth-order valence-corrected chi connectivity index (χ4v) is 1.29. The minimum atomic E-state index is -0.898. The first kappa shape index (κ1) is 12.2. The zero-order valence-corrected chi connectivity index (χ0v) is 8.77. The maximum Gasteiger partial charge on any atom is 0.307 e. The second-order valence-electron chi connectivity index (χ2n) is 3.36. The van der Waals surface area contributed by atoms with Gasteiger partial charge in [-0.15, -0.1) is 0 Å². The molecule has 0 saturated carbocycles. The van der Waals surface area contributed by atoms with Crippen molar-refractivity contribution in [2.75, 3.05) is 11.9 Å². The predicted molar refractivity (Wildman–Crippen MR) is 60.1 cm³/mol. The van der Waals surface area contributed by atoms with E-state index in [1.54, 1.807) is 24.3 Å². The number of amides is 1. The van der Waals surface area contributed by atoms with E-state index in [9.17, 15) is 9.59 Å². The molecule has 1 amide bonds. The summed E-state index contributed by atoms with van der Waals surface area (Å²) in [6, 6.07) is 6.76. The van der Waals surface area contributed by atoms with Crippen molar-refractivity contribution in [1.29, 1.82) is 0 Å². The molecule has 5 heteroatoms. The normalized spacial score (nSPS) is 9.81. The molecule has 0 aliphatic rings. The Bertz CT molecular complexity index is 391. The summed E-state index contributed by atoms with van der Waals surface area (Å²) in [6.07, 6.45) is 0.198. The topological polar surface area (TPSA) is 92.4 Å². The van der Waals surface area contributed by atoms with E-state index < -0.39 is 5.97 Å². The van der Waals surface area contributed by atoms with Crippen molar-refractivity contribution < 1.29 is 14.7 Å². The molecule has 4 N–H and O–H groups in total. The largest absolute Gasteiger partial charge is 0.481 e. The lowest BCUT2D eigenvalue weighted by Crippen LogP contribution is -2.16. The van der Waals surface area contributed by atoms with E-state index in [2.05, 4.69) is 5.32 Å². The van der Waals surface area contributed by atoms with Crippen molar-refractivity contribution in [3.8, 4) is 0 Å². The van der Waals surface area contributed by atoms with Crippen LogP contribution < -0.4 is 11.1 Å². The Kier molecular flexibility index (Phi) is 4.47. The number of hydrogen-bond acceptors (Lipinski definition) is 3. The Morgan fingerprint density at radius 3 is 2.75 bits per heavy atom. The van der Waals surface area contributed by atoms with Gasteiger partial charge in [-0.3, -0.25) is 9.59 Å². The fraction of sp³-hybridized carbons (Fsp3) is 0.273. The first-order valence-corrected chi connectivity index (χ1v) is 4.92. The van der Waals surface area contributed by atoms with Crippen LogP contribution in [0.3, 0.4) is 0 Å². The molecule has 0 fully saturated rings. The van der Waals surface area contributed by atoms with Gasteiger partial charge in [0, 0.05) is 18.7 Å². The number of carbonyl (C=O) groups is 2. The number of benzene rings is 1. The van der Waals surface area contributed by atoms with Gasteiger partial charge in [-0.1, -0.05) is 12.1 Å². The molecule has 0 saturated heterocycles. The third kappa shape index (κ3) is 4.10. The van der Waals surface area contributed by atoms with E-state index in [0.717, 1.165) is 0 Å². The summed E-state index contributed by atoms with van der Waals surface area (Å²) in [5.41, 5.74) is 6.49. The van der Waals surface area contributed by atoms with Crippen LogP contribution in [0.25, 0.3) is 0 Å². The van der Waals surface area contributed by atoms with Crippen LogP contribution in [0.15, 0.2) is 24.3 Å². The summed E-state index contributed by atoms with van der Waals surface area (Å²) in [5.74, 6) is -1.07. The lowest BCUT2D eigenvalue weighted by atomic mass is 10.1. The third-order valence-electron chi connectivity index (χ3n) is 1.94. The Hall–Kier alpha value is -1.88. The van der Waals surface area contributed by atoms with Gasteiger partial charge in [0.25, 0.3) is 0 Å². The minimum Gasteiger partial charge on any atom is -0.481 e. The molecule has 0 radical (unpaired) electrons. The van der Waals surface area contributed by atoms with Crippen LogP contribution in [0.2, 0.25) is 0 Å². The van der Waals surface area contributed by atoms with Gasteiger partial charge < -0.3 is 16.2 Å². The molecule has 0 atom stereocenters. The number of aliphatic carboxylic acids is 1. The summed E-state index contributed by atoms with van der Waals surface area (Å²) < 4.78 is 0. The smallest absolute Gasteiger partial charge is 0.307 e. The van der Waals surface area contributed by atoms with Gasteiger partial charge in [0.05, 0.1) is 6.42 Å². The van der Waals surface area contributed by atoms with E-state index in [1.807, 2.05) is 0 Å². The Labute approximate surface area is 93.3 Å². The van der Waals surface area contributed by atoms with E-state index in [0.29, 0.717) is 17.8 Å². The van der Waals surface area contributed by atoms with Crippen LogP contribution in [0.5, 0.6) is 0 Å². The molecular weight excluding hydrogens is 208 g/mol. The average molecular weight is 222 g/mol. The molecule has 0 bridgehead atoms. The molecule has 86 valence electrons. The highest BCUT2D eigenvalue weighted by Crippen LogP contribution is 2.11. The van der Waals surface area contributed by atoms with Crippen LogP contribution in [0.1, 0.15) is 12.0 Å². The molecule has 1 rings (SSSR count). The number of carbonyl (C=O) groups excluding carboxylic acids is 1. The van der Waals surface area contributed by atoms with Gasteiger partial charge in [-0.25, -0.2) is 0 Å². The SMILES string of the molecule is NCCC(=O)Nc1cccc(CC(=O)O)c1. The summed E-state index contributed by atoms with van der Waals surface area (Å²) in [4.78, 5) is 21.7. The first-order valence-electron chi connectivity index (χ1n) is 4.92. The summed E-state index contributed by atoms with van der Waals surface area (Å²) in [6.45, 7) is 0.292. The van der Waals surface area contributed by atoms with Crippen LogP contribution in [0.4, 0.5) is 5.69 Å². The number of hydrogen-bond donors (Lipinski definition) is 3. The van der Waals surface area contributed by atoms with Gasteiger partial charge in [0.15, 0.2) is 0 Å². The third-order valence-corrected chi connectivity index (χ3v) is 1.94. The van der Waals surface area contributed by atoms with Crippen molar-refractivity contribution in [3.63, 3.8) is 0 Å². The number of carboxylic acid groups (broad SMARTS) is 1. The Morgan fingerprint density at radius 1 is 1.38 bits per heavy atom. The Balaban J connectivity index is 2.67. The summed E-state index contributed by atoms with van der Waals surface area (Å²) in [7, 11) is 0. The quantitative estimate of drug-likeness (QED) is 0.680. The molecule has 0 spiro atoms. The van der Waals surface area contributed by atoms with E-state index in [-0.39, 0.29) is 18.7 Å². The highest BCUT2D eigenvalue weighted by Gasteiger charge is 2.03. The lowest BCUT2D eigenvalue weighted by molar-refractivity contribution is -0.136. The van der Waals surface area contributed by atoms with Crippen molar-refractivity contribution in [2.24, 2.45) is 5.73 Å². The van der Waals surface area contributed by atoms with Gasteiger partial charge in [0.2, 0.25) is 5.91 Å². The van der Waals surface area contributed by atoms with Crippen molar-refractivity contribution >= 4 is 17.6 Å². The minimum absolute atomic E-state index is 0.0550. The molecule has 0 unspecified atom stereocenters. The van der Waals surface area contributed by atoms with E-state index in [4.69, 9.17) is 10.8 Å². The van der Waals surface area contributed by atoms with Crippen LogP contribution >= 0.6 is 0 Å². The predicted octanol–water partition coefficient (Wildman–Crippen LogP) is 0.601. The number of anilines is 1. The van der Waals surface area contributed by atoms with Gasteiger partial charge in [0.1, 0.15) is 0 Å². The highest BCUT2D eigenvalue weighted by atomic mass is 16.4. The van der Waals surface area contributed by atoms with E-state index >= 15 is 0 Å². The zero-order chi connectivity index (χ0) is 12.0. The lowest BCUT2D eigenvalue weighted by Gasteiger charge is -2.05. The van der Waals surface area contributed by atoms with Crippen LogP contribution in [-0.4, -0.2) is 23.5 Å². The Morgan fingerprint density at radius 2 is 2.12 bits per heavy atom. The maximum absolute atomic E-state index is 11.2. The molecule has 0 aromatic heterocycles. The summed E-state index contributed by atoms with van der Waals surface area (Å²) >= 11 is 0. The van der Waals surface area contributed by atoms with Crippen molar-refractivity contribution in [1.82, 2.24) is 0 Å². The number of nitrogens with one attached hydrogen (secondary N) is 1. The highest BCUT2D eigenvalue weighted by molar-refractivity contribution is 5.91. The second kappa shape index (κ2) is 5.87. The monoisotopic (exact) mass is 222 g/mol. The molecular formula is C11H14N2O3. The van der Waals surface area contributed by atoms with Gasteiger partial charge >= 0.3 is 5.97 Å². The fourth-order valence-electron chi connectivity index (χ4n) is 1.29. The summed E-state index contributed by atoms with van der Waals surface area (Å²) in [5, 5.41) is 11.3. The standard InChI is InChI=1S/C11H14N2O3/c12-5-4-10(14)13-9-3-1-2-8(6-9)7-11(15)16/h1-3,6H,4-5,7,12H2,(H,13,14)(H,15,16). The molecule has 1 aromatic rings. The molecule has 5 nitrogen and oxygen atoms in total. The second-order valence-corrected chi connectivity index (χ2v) is 3.36. The molecule has 0 heterocycles. The first-order chi connectivity index (χ1) is 7.61. The molecule has 0 aliphatic heterocycles. The van der Waals surface area contributed by atoms with Crippen LogP contribution in [0, 0.1) is 0 Å². The van der Waals surface area contributed by atoms with Gasteiger partial charge in [-0.05, 0) is 17.7 Å². The van der Waals surface area contributed by atoms with Gasteiger partial charge in [-0.2, -0.15) is 0 Å². The van der Waals surface area contributed by atoms with E-state index in [1.165, 1.54) is 0 Å². The van der Waals surface area contributed by atoms with Crippen LogP contribution in [-0.2, 0) is 16.0 Å². The molecule has 1 aromatic carbocycles. The molecule has 16 heavy (non-hydrogen) atoms. The number of nitrogens with two attached hydrogens (primary N) is 1.